The summed E-state index contributed by atoms with van der Waals surface area (Å²) >= 11 is 0. The van der Waals surface area contributed by atoms with Gasteiger partial charge in [-0.2, -0.15) is 0 Å². The highest BCUT2D eigenvalue weighted by Gasteiger charge is 2.31. The van der Waals surface area contributed by atoms with Gasteiger partial charge < -0.3 is 15.4 Å². The molecule has 0 radical (unpaired) electrons. The number of pyridine rings is 1. The summed E-state index contributed by atoms with van der Waals surface area (Å²) in [5.74, 6) is 0.609. The topological polar surface area (TPSA) is 83.6 Å². The monoisotopic (exact) mass is 396 g/mol. The van der Waals surface area contributed by atoms with Gasteiger partial charge in [0, 0.05) is 44.5 Å². The minimum atomic E-state index is -0.467. The molecule has 1 aromatic heterocycles. The van der Waals surface area contributed by atoms with Gasteiger partial charge in [0.2, 0.25) is 11.8 Å². The SMILES string of the molecule is CCOc1ccc(CN2CCNC(=O)[C@H]2CC(=O)NCCc2ccccn2)cc1. The summed E-state index contributed by atoms with van der Waals surface area (Å²) in [6.07, 6.45) is 2.55. The van der Waals surface area contributed by atoms with E-state index in [1.165, 1.54) is 0 Å². The summed E-state index contributed by atoms with van der Waals surface area (Å²) in [4.78, 5) is 31.1. The van der Waals surface area contributed by atoms with Gasteiger partial charge in [-0.1, -0.05) is 18.2 Å². The first kappa shape index (κ1) is 20.8. The van der Waals surface area contributed by atoms with Gasteiger partial charge in [0.25, 0.3) is 0 Å². The largest absolute Gasteiger partial charge is 0.494 e. The van der Waals surface area contributed by atoms with Gasteiger partial charge in [-0.3, -0.25) is 19.5 Å². The Labute approximate surface area is 171 Å². The van der Waals surface area contributed by atoms with Crippen LogP contribution in [0.25, 0.3) is 0 Å². The average molecular weight is 396 g/mol. The third-order valence-corrected chi connectivity index (χ3v) is 4.87. The van der Waals surface area contributed by atoms with Crippen molar-refractivity contribution in [1.29, 1.82) is 0 Å². The van der Waals surface area contributed by atoms with E-state index in [4.69, 9.17) is 4.74 Å². The van der Waals surface area contributed by atoms with Crippen molar-refractivity contribution in [1.82, 2.24) is 20.5 Å². The molecule has 29 heavy (non-hydrogen) atoms. The van der Waals surface area contributed by atoms with Crippen molar-refractivity contribution in [2.24, 2.45) is 0 Å². The van der Waals surface area contributed by atoms with Crippen molar-refractivity contribution in [2.75, 3.05) is 26.2 Å². The smallest absolute Gasteiger partial charge is 0.237 e. The zero-order valence-electron chi connectivity index (χ0n) is 16.8. The lowest BCUT2D eigenvalue weighted by Gasteiger charge is -2.34. The highest BCUT2D eigenvalue weighted by atomic mass is 16.5. The Morgan fingerprint density at radius 3 is 2.83 bits per heavy atom. The van der Waals surface area contributed by atoms with Crippen molar-refractivity contribution in [3.8, 4) is 5.75 Å². The second kappa shape index (κ2) is 10.6. The van der Waals surface area contributed by atoms with E-state index < -0.39 is 6.04 Å². The number of aromatic nitrogens is 1. The predicted molar refractivity (Wildman–Crippen MR) is 110 cm³/mol. The van der Waals surface area contributed by atoms with E-state index in [-0.39, 0.29) is 18.2 Å². The van der Waals surface area contributed by atoms with Crippen molar-refractivity contribution < 1.29 is 14.3 Å². The Hall–Kier alpha value is -2.93. The van der Waals surface area contributed by atoms with E-state index in [0.29, 0.717) is 39.2 Å². The molecule has 0 unspecified atom stereocenters. The molecule has 154 valence electrons. The molecule has 2 aromatic rings. The predicted octanol–water partition coefficient (Wildman–Crippen LogP) is 1.53. The maximum atomic E-state index is 12.4. The van der Waals surface area contributed by atoms with Crippen LogP contribution in [0.3, 0.4) is 0 Å². The van der Waals surface area contributed by atoms with Crippen LogP contribution in [0.4, 0.5) is 0 Å². The molecule has 3 rings (SSSR count). The standard InChI is InChI=1S/C22H28N4O3/c1-2-29-19-8-6-17(7-9-19)16-26-14-13-25-22(28)20(26)15-21(27)24-12-10-18-5-3-4-11-23-18/h3-9,11,20H,2,10,12-16H2,1H3,(H,24,27)(H,25,28)/t20-/m1/s1. The zero-order valence-corrected chi connectivity index (χ0v) is 16.8. The summed E-state index contributed by atoms with van der Waals surface area (Å²) in [5.41, 5.74) is 2.02. The molecule has 7 heteroatoms. The summed E-state index contributed by atoms with van der Waals surface area (Å²) < 4.78 is 5.48. The molecule has 2 amide bonds. The molecule has 0 saturated carbocycles. The minimum Gasteiger partial charge on any atom is -0.494 e. The fourth-order valence-electron chi connectivity index (χ4n) is 3.39. The third kappa shape index (κ3) is 6.29. The number of hydrogen-bond acceptors (Lipinski definition) is 5. The van der Waals surface area contributed by atoms with Gasteiger partial charge in [0.15, 0.2) is 0 Å². The van der Waals surface area contributed by atoms with Gasteiger partial charge in [-0.05, 0) is 36.8 Å². The quantitative estimate of drug-likeness (QED) is 0.672. The van der Waals surface area contributed by atoms with E-state index in [1.807, 2.05) is 49.4 Å². The highest BCUT2D eigenvalue weighted by Crippen LogP contribution is 2.17. The fourth-order valence-corrected chi connectivity index (χ4v) is 3.39. The van der Waals surface area contributed by atoms with Crippen LogP contribution in [0.2, 0.25) is 0 Å². The summed E-state index contributed by atoms with van der Waals surface area (Å²) in [7, 11) is 0. The van der Waals surface area contributed by atoms with E-state index in [1.54, 1.807) is 6.20 Å². The first-order valence-electron chi connectivity index (χ1n) is 10.1. The number of benzene rings is 1. The van der Waals surface area contributed by atoms with Crippen LogP contribution in [0.1, 0.15) is 24.6 Å². The number of carbonyl (C=O) groups is 2. The molecule has 0 bridgehead atoms. The number of hydrogen-bond donors (Lipinski definition) is 2. The molecule has 0 aliphatic carbocycles. The maximum Gasteiger partial charge on any atom is 0.237 e. The Morgan fingerprint density at radius 1 is 1.28 bits per heavy atom. The first-order chi connectivity index (χ1) is 14.2. The van der Waals surface area contributed by atoms with E-state index in [2.05, 4.69) is 20.5 Å². The normalized spacial score (nSPS) is 16.9. The number of piperazine rings is 1. The lowest BCUT2D eigenvalue weighted by atomic mass is 10.1. The lowest BCUT2D eigenvalue weighted by molar-refractivity contribution is -0.134. The molecular weight excluding hydrogens is 368 g/mol. The number of carbonyl (C=O) groups excluding carboxylic acids is 2. The molecule has 1 aliphatic heterocycles. The van der Waals surface area contributed by atoms with Crippen LogP contribution in [-0.4, -0.2) is 54.0 Å². The number of nitrogens with zero attached hydrogens (tertiary/aromatic N) is 2. The Morgan fingerprint density at radius 2 is 2.10 bits per heavy atom. The second-order valence-electron chi connectivity index (χ2n) is 6.98. The first-order valence-corrected chi connectivity index (χ1v) is 10.1. The maximum absolute atomic E-state index is 12.4. The van der Waals surface area contributed by atoms with Crippen LogP contribution < -0.4 is 15.4 Å². The third-order valence-electron chi connectivity index (χ3n) is 4.87. The molecule has 2 heterocycles. The molecule has 2 N–H and O–H groups in total. The number of rotatable bonds is 9. The van der Waals surface area contributed by atoms with Crippen LogP contribution >= 0.6 is 0 Å². The second-order valence-corrected chi connectivity index (χ2v) is 6.98. The Bertz CT molecular complexity index is 795. The van der Waals surface area contributed by atoms with Gasteiger partial charge in [0.05, 0.1) is 19.1 Å². The average Bonchev–Trinajstić information content (AvgIpc) is 2.73. The number of amides is 2. The van der Waals surface area contributed by atoms with Crippen LogP contribution in [0.15, 0.2) is 48.7 Å². The van der Waals surface area contributed by atoms with E-state index in [9.17, 15) is 9.59 Å². The summed E-state index contributed by atoms with van der Waals surface area (Å²) in [5, 5.41) is 5.77. The Balaban J connectivity index is 1.53. The highest BCUT2D eigenvalue weighted by molar-refractivity contribution is 5.88. The number of nitrogens with one attached hydrogen (secondary N) is 2. The van der Waals surface area contributed by atoms with Crippen molar-refractivity contribution in [3.05, 3.63) is 59.9 Å². The van der Waals surface area contributed by atoms with E-state index in [0.717, 1.165) is 17.0 Å². The van der Waals surface area contributed by atoms with Gasteiger partial charge in [0.1, 0.15) is 5.75 Å². The fraction of sp³-hybridized carbons (Fsp3) is 0.409. The van der Waals surface area contributed by atoms with Crippen LogP contribution in [0.5, 0.6) is 5.75 Å². The minimum absolute atomic E-state index is 0.0953. The van der Waals surface area contributed by atoms with Crippen molar-refractivity contribution >= 4 is 11.8 Å². The van der Waals surface area contributed by atoms with Crippen LogP contribution in [-0.2, 0) is 22.6 Å². The molecule has 1 aliphatic rings. The van der Waals surface area contributed by atoms with Crippen LogP contribution in [0, 0.1) is 0 Å². The molecule has 1 fully saturated rings. The van der Waals surface area contributed by atoms with E-state index >= 15 is 0 Å². The van der Waals surface area contributed by atoms with Crippen molar-refractivity contribution in [3.63, 3.8) is 0 Å². The van der Waals surface area contributed by atoms with Crippen molar-refractivity contribution in [2.45, 2.75) is 32.4 Å². The Kier molecular flexibility index (Phi) is 7.58. The zero-order chi connectivity index (χ0) is 20.5. The molecule has 0 spiro atoms. The van der Waals surface area contributed by atoms with Gasteiger partial charge >= 0.3 is 0 Å². The molecular formula is C22H28N4O3. The van der Waals surface area contributed by atoms with Gasteiger partial charge in [-0.25, -0.2) is 0 Å². The summed E-state index contributed by atoms with van der Waals surface area (Å²) in [6, 6.07) is 13.1. The lowest BCUT2D eigenvalue weighted by Crippen LogP contribution is -2.56. The molecule has 1 saturated heterocycles. The molecule has 1 atom stereocenters. The van der Waals surface area contributed by atoms with Gasteiger partial charge in [-0.15, -0.1) is 0 Å². The molecule has 1 aromatic carbocycles. The molecule has 7 nitrogen and oxygen atoms in total. The summed E-state index contributed by atoms with van der Waals surface area (Å²) in [6.45, 7) is 5.00. The number of ether oxygens (including phenoxy) is 1.